The number of benzene rings is 1. The number of amides is 2. The zero-order valence-electron chi connectivity index (χ0n) is 14.6. The molecule has 1 aliphatic rings. The van der Waals surface area contributed by atoms with Crippen molar-refractivity contribution >= 4 is 23.4 Å². The van der Waals surface area contributed by atoms with Gasteiger partial charge in [0, 0.05) is 17.0 Å². The van der Waals surface area contributed by atoms with Gasteiger partial charge in [-0.3, -0.25) is 14.7 Å². The molecule has 7 nitrogen and oxygen atoms in total. The van der Waals surface area contributed by atoms with E-state index in [0.29, 0.717) is 16.5 Å². The van der Waals surface area contributed by atoms with E-state index in [1.807, 2.05) is 0 Å². The maximum absolute atomic E-state index is 12.5. The summed E-state index contributed by atoms with van der Waals surface area (Å²) in [4.78, 5) is 23.6. The number of carbonyl (C=O) groups is 2. The number of nitrogens with zero attached hydrogens (tertiary/aromatic N) is 1. The lowest BCUT2D eigenvalue weighted by molar-refractivity contribution is -0.135. The van der Waals surface area contributed by atoms with Gasteiger partial charge in [0.05, 0.1) is 5.69 Å². The van der Waals surface area contributed by atoms with Crippen LogP contribution in [0, 0.1) is 0 Å². The standard InChI is InChI=1S/C18H21ClN4O3/c1-18(2,26-13-5-3-11(19)4-6-13)17(25)21-12-7-10(8-12)14-9-15(16(20)24)23-22-14/h3-6,9-10,12H,7-8H2,1-2H3,(H2,20,24)(H,21,25)(H,22,23)/t10-,12+. The first kappa shape index (κ1) is 18.3. The van der Waals surface area contributed by atoms with E-state index in [1.165, 1.54) is 0 Å². The molecule has 2 aromatic rings. The van der Waals surface area contributed by atoms with E-state index in [-0.39, 0.29) is 17.9 Å². The van der Waals surface area contributed by atoms with E-state index >= 15 is 0 Å². The summed E-state index contributed by atoms with van der Waals surface area (Å²) in [6.45, 7) is 3.44. The van der Waals surface area contributed by atoms with E-state index in [2.05, 4.69) is 15.5 Å². The molecule has 3 rings (SSSR count). The number of aromatic nitrogens is 2. The predicted molar refractivity (Wildman–Crippen MR) is 97.2 cm³/mol. The molecular weight excluding hydrogens is 356 g/mol. The number of rotatable bonds is 6. The Bertz CT molecular complexity index is 810. The topological polar surface area (TPSA) is 110 Å². The smallest absolute Gasteiger partial charge is 0.266 e. The second kappa shape index (κ2) is 6.99. The molecule has 0 aliphatic heterocycles. The Morgan fingerprint density at radius 1 is 1.31 bits per heavy atom. The van der Waals surface area contributed by atoms with Crippen molar-refractivity contribution in [2.24, 2.45) is 5.73 Å². The summed E-state index contributed by atoms with van der Waals surface area (Å²) < 4.78 is 5.79. The molecule has 1 fully saturated rings. The van der Waals surface area contributed by atoms with E-state index < -0.39 is 11.5 Å². The van der Waals surface area contributed by atoms with Gasteiger partial charge in [-0.25, -0.2) is 0 Å². The normalized spacial score (nSPS) is 19.5. The number of primary amides is 1. The van der Waals surface area contributed by atoms with Crippen LogP contribution in [-0.2, 0) is 4.79 Å². The highest BCUT2D eigenvalue weighted by atomic mass is 35.5. The largest absolute Gasteiger partial charge is 0.478 e. The number of ether oxygens (including phenoxy) is 1. The molecule has 138 valence electrons. The Balaban J connectivity index is 1.52. The second-order valence-electron chi connectivity index (χ2n) is 6.98. The third-order valence-electron chi connectivity index (χ3n) is 4.49. The number of hydrogen-bond donors (Lipinski definition) is 3. The maximum Gasteiger partial charge on any atom is 0.266 e. The molecule has 0 spiro atoms. The summed E-state index contributed by atoms with van der Waals surface area (Å²) in [5.74, 6) is 0.0614. The van der Waals surface area contributed by atoms with Crippen LogP contribution < -0.4 is 15.8 Å². The fourth-order valence-corrected chi connectivity index (χ4v) is 2.98. The van der Waals surface area contributed by atoms with Crippen LogP contribution in [0.2, 0.25) is 5.02 Å². The third kappa shape index (κ3) is 3.99. The third-order valence-corrected chi connectivity index (χ3v) is 4.74. The van der Waals surface area contributed by atoms with E-state index in [0.717, 1.165) is 18.5 Å². The monoisotopic (exact) mass is 376 g/mol. The van der Waals surface area contributed by atoms with E-state index in [9.17, 15) is 9.59 Å². The lowest BCUT2D eigenvalue weighted by atomic mass is 9.78. The number of nitrogens with one attached hydrogen (secondary N) is 2. The van der Waals surface area contributed by atoms with Gasteiger partial charge in [0.15, 0.2) is 5.60 Å². The van der Waals surface area contributed by atoms with Gasteiger partial charge in [-0.15, -0.1) is 0 Å². The molecule has 8 heteroatoms. The van der Waals surface area contributed by atoms with E-state index in [4.69, 9.17) is 22.1 Å². The predicted octanol–water partition coefficient (Wildman–Crippen LogP) is 2.38. The molecule has 1 aliphatic carbocycles. The molecular formula is C18H21ClN4O3. The van der Waals surface area contributed by atoms with Gasteiger partial charge in [-0.2, -0.15) is 5.10 Å². The highest BCUT2D eigenvalue weighted by Gasteiger charge is 2.37. The Morgan fingerprint density at radius 3 is 2.54 bits per heavy atom. The lowest BCUT2D eigenvalue weighted by Gasteiger charge is -2.37. The quantitative estimate of drug-likeness (QED) is 0.718. The number of nitrogens with two attached hydrogens (primary N) is 1. The van der Waals surface area contributed by atoms with Crippen molar-refractivity contribution in [3.05, 3.63) is 46.7 Å². The van der Waals surface area contributed by atoms with Crippen molar-refractivity contribution in [3.63, 3.8) is 0 Å². The summed E-state index contributed by atoms with van der Waals surface area (Å²) in [5, 5.41) is 10.3. The van der Waals surface area contributed by atoms with Crippen molar-refractivity contribution in [2.45, 2.75) is 44.2 Å². The summed E-state index contributed by atoms with van der Waals surface area (Å²) in [6, 6.07) is 8.60. The second-order valence-corrected chi connectivity index (χ2v) is 7.41. The molecule has 0 bridgehead atoms. The molecule has 1 aromatic heterocycles. The minimum absolute atomic E-state index is 0.0503. The van der Waals surface area contributed by atoms with Crippen molar-refractivity contribution < 1.29 is 14.3 Å². The van der Waals surface area contributed by atoms with Gasteiger partial charge < -0.3 is 15.8 Å². The summed E-state index contributed by atoms with van der Waals surface area (Å²) >= 11 is 5.86. The zero-order chi connectivity index (χ0) is 18.9. The number of carbonyl (C=O) groups excluding carboxylic acids is 2. The average molecular weight is 377 g/mol. The number of H-pyrrole nitrogens is 1. The molecule has 0 unspecified atom stereocenters. The van der Waals surface area contributed by atoms with Gasteiger partial charge in [-0.1, -0.05) is 11.6 Å². The number of aromatic amines is 1. The van der Waals surface area contributed by atoms with Crippen LogP contribution in [0.4, 0.5) is 0 Å². The Hall–Kier alpha value is -2.54. The fourth-order valence-electron chi connectivity index (χ4n) is 2.85. The minimum atomic E-state index is -1.01. The van der Waals surface area contributed by atoms with Crippen molar-refractivity contribution in [3.8, 4) is 5.75 Å². The molecule has 0 radical (unpaired) electrons. The summed E-state index contributed by atoms with van der Waals surface area (Å²) in [5.41, 5.74) is 5.29. The highest BCUT2D eigenvalue weighted by Crippen LogP contribution is 2.36. The molecule has 2 amide bonds. The van der Waals surface area contributed by atoms with Gasteiger partial charge in [0.1, 0.15) is 11.4 Å². The molecule has 26 heavy (non-hydrogen) atoms. The van der Waals surface area contributed by atoms with Crippen LogP contribution in [0.5, 0.6) is 5.75 Å². The molecule has 0 atom stereocenters. The first-order valence-electron chi connectivity index (χ1n) is 8.35. The Labute approximate surface area is 156 Å². The highest BCUT2D eigenvalue weighted by molar-refractivity contribution is 6.30. The zero-order valence-corrected chi connectivity index (χ0v) is 15.3. The van der Waals surface area contributed by atoms with Gasteiger partial charge in [0.25, 0.3) is 11.8 Å². The average Bonchev–Trinajstić information content (AvgIpc) is 3.02. The van der Waals surface area contributed by atoms with Gasteiger partial charge >= 0.3 is 0 Å². The Kier molecular flexibility index (Phi) is 4.91. The van der Waals surface area contributed by atoms with Gasteiger partial charge in [0.2, 0.25) is 0 Å². The van der Waals surface area contributed by atoms with E-state index in [1.54, 1.807) is 44.2 Å². The SMILES string of the molecule is CC(C)(Oc1ccc(Cl)cc1)C(=O)N[C@H]1C[C@@H](c2cc(C(N)=O)[nH]n2)C1. The number of hydrogen-bond acceptors (Lipinski definition) is 4. The summed E-state index contributed by atoms with van der Waals surface area (Å²) in [7, 11) is 0. The fraction of sp³-hybridized carbons (Fsp3) is 0.389. The molecule has 1 heterocycles. The van der Waals surface area contributed by atoms with Crippen molar-refractivity contribution in [1.82, 2.24) is 15.5 Å². The summed E-state index contributed by atoms with van der Waals surface area (Å²) in [6.07, 6.45) is 1.51. The Morgan fingerprint density at radius 2 is 1.96 bits per heavy atom. The molecule has 0 saturated heterocycles. The lowest BCUT2D eigenvalue weighted by Crippen LogP contribution is -2.53. The minimum Gasteiger partial charge on any atom is -0.478 e. The van der Waals surface area contributed by atoms with Crippen LogP contribution in [-0.4, -0.2) is 33.7 Å². The first-order valence-corrected chi connectivity index (χ1v) is 8.73. The van der Waals surface area contributed by atoms with Crippen LogP contribution in [0.15, 0.2) is 30.3 Å². The molecule has 1 aromatic carbocycles. The van der Waals surface area contributed by atoms with Crippen LogP contribution in [0.1, 0.15) is 48.8 Å². The van der Waals surface area contributed by atoms with Crippen LogP contribution in [0.3, 0.4) is 0 Å². The van der Waals surface area contributed by atoms with Crippen LogP contribution >= 0.6 is 11.6 Å². The maximum atomic E-state index is 12.5. The first-order chi connectivity index (χ1) is 12.2. The molecule has 1 saturated carbocycles. The number of halogens is 1. The van der Waals surface area contributed by atoms with Crippen molar-refractivity contribution in [2.75, 3.05) is 0 Å². The molecule has 4 N–H and O–H groups in total. The van der Waals surface area contributed by atoms with Crippen LogP contribution in [0.25, 0.3) is 0 Å². The van der Waals surface area contributed by atoms with Crippen molar-refractivity contribution in [1.29, 1.82) is 0 Å². The van der Waals surface area contributed by atoms with Gasteiger partial charge in [-0.05, 0) is 57.0 Å².